The highest BCUT2D eigenvalue weighted by molar-refractivity contribution is 6.35. The van der Waals surface area contributed by atoms with E-state index in [4.69, 9.17) is 23.2 Å². The third-order valence-corrected chi connectivity index (χ3v) is 5.19. The Hall–Kier alpha value is -1.88. The molecule has 0 aromatic heterocycles. The van der Waals surface area contributed by atoms with E-state index >= 15 is 0 Å². The number of amides is 1. The highest BCUT2D eigenvalue weighted by Gasteiger charge is 2.51. The standard InChI is InChI=1S/C20H19Cl2NO3/c1-11-6-12(2)18-16(7-11)20(26,9-13(3)24)19(25)23(18)10-14-4-5-15(21)8-17(14)22/h4-8,26H,9-10H2,1-3H3/t20-/m1/s1. The highest BCUT2D eigenvalue weighted by Crippen LogP contribution is 2.46. The lowest BCUT2D eigenvalue weighted by atomic mass is 9.88. The zero-order valence-corrected chi connectivity index (χ0v) is 16.3. The molecule has 26 heavy (non-hydrogen) atoms. The highest BCUT2D eigenvalue weighted by atomic mass is 35.5. The molecule has 0 radical (unpaired) electrons. The average Bonchev–Trinajstić information content (AvgIpc) is 2.71. The summed E-state index contributed by atoms with van der Waals surface area (Å²) in [5, 5.41) is 12.1. The van der Waals surface area contributed by atoms with Gasteiger partial charge in [0.25, 0.3) is 5.91 Å². The second-order valence-electron chi connectivity index (χ2n) is 6.84. The van der Waals surface area contributed by atoms with Crippen molar-refractivity contribution >= 4 is 40.6 Å². The van der Waals surface area contributed by atoms with Crippen molar-refractivity contribution in [2.75, 3.05) is 4.90 Å². The number of carbonyl (C=O) groups is 2. The fraction of sp³-hybridized carbons (Fsp3) is 0.300. The lowest BCUT2D eigenvalue weighted by Crippen LogP contribution is -2.41. The van der Waals surface area contributed by atoms with Crippen LogP contribution in [0.15, 0.2) is 30.3 Å². The fourth-order valence-corrected chi connectivity index (χ4v) is 4.04. The second-order valence-corrected chi connectivity index (χ2v) is 7.69. The molecule has 0 unspecified atom stereocenters. The number of nitrogens with zero attached hydrogens (tertiary/aromatic N) is 1. The number of anilines is 1. The Balaban J connectivity index is 2.13. The number of hydrogen-bond donors (Lipinski definition) is 1. The Morgan fingerprint density at radius 2 is 1.88 bits per heavy atom. The van der Waals surface area contributed by atoms with Crippen LogP contribution in [0.3, 0.4) is 0 Å². The average molecular weight is 392 g/mol. The molecule has 1 atom stereocenters. The summed E-state index contributed by atoms with van der Waals surface area (Å²) in [6.45, 7) is 5.33. The summed E-state index contributed by atoms with van der Waals surface area (Å²) in [6.07, 6.45) is -0.257. The lowest BCUT2D eigenvalue weighted by molar-refractivity contribution is -0.141. The Morgan fingerprint density at radius 1 is 1.19 bits per heavy atom. The van der Waals surface area contributed by atoms with E-state index in [0.717, 1.165) is 11.1 Å². The van der Waals surface area contributed by atoms with E-state index in [1.807, 2.05) is 19.9 Å². The summed E-state index contributed by atoms with van der Waals surface area (Å²) in [6, 6.07) is 8.79. The van der Waals surface area contributed by atoms with Crippen molar-refractivity contribution in [2.24, 2.45) is 0 Å². The summed E-state index contributed by atoms with van der Waals surface area (Å²) in [5.41, 5.74) is 1.75. The van der Waals surface area contributed by atoms with Gasteiger partial charge < -0.3 is 10.0 Å². The van der Waals surface area contributed by atoms with Crippen LogP contribution >= 0.6 is 23.2 Å². The number of aryl methyl sites for hydroxylation is 2. The van der Waals surface area contributed by atoms with Gasteiger partial charge >= 0.3 is 0 Å². The van der Waals surface area contributed by atoms with Crippen LogP contribution in [0.1, 0.15) is 35.6 Å². The van der Waals surface area contributed by atoms with Gasteiger partial charge in [-0.2, -0.15) is 0 Å². The zero-order valence-electron chi connectivity index (χ0n) is 14.8. The summed E-state index contributed by atoms with van der Waals surface area (Å²) in [4.78, 5) is 26.3. The predicted molar refractivity (Wildman–Crippen MR) is 103 cm³/mol. The number of halogens is 2. The van der Waals surface area contributed by atoms with Gasteiger partial charge in [-0.15, -0.1) is 0 Å². The first-order chi connectivity index (χ1) is 12.1. The van der Waals surface area contributed by atoms with Crippen molar-refractivity contribution < 1.29 is 14.7 Å². The van der Waals surface area contributed by atoms with Crippen LogP contribution in [0.25, 0.3) is 0 Å². The second kappa shape index (κ2) is 6.69. The SMILES string of the molecule is CC(=O)C[C@]1(O)C(=O)N(Cc2ccc(Cl)cc2Cl)c2c(C)cc(C)cc21. The Labute approximate surface area is 162 Å². The Morgan fingerprint density at radius 3 is 2.50 bits per heavy atom. The molecule has 6 heteroatoms. The number of rotatable bonds is 4. The third kappa shape index (κ3) is 3.13. The van der Waals surface area contributed by atoms with Crippen molar-refractivity contribution in [1.29, 1.82) is 0 Å². The number of fused-ring (bicyclic) bond motifs is 1. The predicted octanol–water partition coefficient (Wildman–Crippen LogP) is 4.32. The largest absolute Gasteiger partial charge is 0.375 e. The molecule has 0 aliphatic carbocycles. The molecule has 3 rings (SSSR count). The molecule has 1 N–H and O–H groups in total. The first kappa shape index (κ1) is 18.9. The van der Waals surface area contributed by atoms with E-state index in [2.05, 4.69) is 0 Å². The van der Waals surface area contributed by atoms with Crippen molar-refractivity contribution in [3.8, 4) is 0 Å². The molecule has 2 aromatic rings. The van der Waals surface area contributed by atoms with Gasteiger partial charge in [-0.05, 0) is 44.0 Å². The molecule has 1 aliphatic rings. The minimum atomic E-state index is -1.85. The molecule has 0 saturated carbocycles. The van der Waals surface area contributed by atoms with Gasteiger partial charge in [0.1, 0.15) is 5.78 Å². The van der Waals surface area contributed by atoms with Crippen LogP contribution in [0.2, 0.25) is 10.0 Å². The van der Waals surface area contributed by atoms with Gasteiger partial charge in [-0.1, -0.05) is 47.0 Å². The van der Waals surface area contributed by atoms with E-state index in [0.29, 0.717) is 26.9 Å². The molecular weight excluding hydrogens is 373 g/mol. The van der Waals surface area contributed by atoms with E-state index in [1.165, 1.54) is 11.8 Å². The normalized spacial score (nSPS) is 19.0. The molecule has 136 valence electrons. The number of benzene rings is 2. The molecule has 4 nitrogen and oxygen atoms in total. The molecule has 1 amide bonds. The Bertz CT molecular complexity index is 926. The molecule has 0 spiro atoms. The van der Waals surface area contributed by atoms with Gasteiger partial charge in [-0.3, -0.25) is 9.59 Å². The van der Waals surface area contributed by atoms with E-state index in [-0.39, 0.29) is 18.7 Å². The maximum atomic E-state index is 13.1. The maximum absolute atomic E-state index is 13.1. The molecule has 0 bridgehead atoms. The van der Waals surface area contributed by atoms with Crippen LogP contribution in [-0.2, 0) is 21.7 Å². The van der Waals surface area contributed by atoms with Crippen molar-refractivity contribution in [2.45, 2.75) is 39.3 Å². The summed E-state index contributed by atoms with van der Waals surface area (Å²) in [7, 11) is 0. The third-order valence-electron chi connectivity index (χ3n) is 4.61. The summed E-state index contributed by atoms with van der Waals surface area (Å²) in [5.74, 6) is -0.764. The summed E-state index contributed by atoms with van der Waals surface area (Å²) < 4.78 is 0. The number of carbonyl (C=O) groups excluding carboxylic acids is 2. The first-order valence-electron chi connectivity index (χ1n) is 8.23. The van der Waals surface area contributed by atoms with Crippen molar-refractivity contribution in [3.63, 3.8) is 0 Å². The quantitative estimate of drug-likeness (QED) is 0.843. The number of hydrogen-bond acceptors (Lipinski definition) is 3. The van der Waals surface area contributed by atoms with E-state index < -0.39 is 11.5 Å². The van der Waals surface area contributed by atoms with E-state index in [1.54, 1.807) is 24.3 Å². The van der Waals surface area contributed by atoms with Gasteiger partial charge in [0.15, 0.2) is 5.60 Å². The van der Waals surface area contributed by atoms with Crippen LogP contribution < -0.4 is 4.90 Å². The topological polar surface area (TPSA) is 57.6 Å². The lowest BCUT2D eigenvalue weighted by Gasteiger charge is -2.23. The minimum Gasteiger partial charge on any atom is -0.375 e. The Kier molecular flexibility index (Phi) is 4.86. The smallest absolute Gasteiger partial charge is 0.264 e. The van der Waals surface area contributed by atoms with Crippen molar-refractivity contribution in [1.82, 2.24) is 0 Å². The maximum Gasteiger partial charge on any atom is 0.264 e. The van der Waals surface area contributed by atoms with Crippen LogP contribution in [0, 0.1) is 13.8 Å². The van der Waals surface area contributed by atoms with Crippen LogP contribution in [0.4, 0.5) is 5.69 Å². The van der Waals surface area contributed by atoms with Gasteiger partial charge in [0.2, 0.25) is 0 Å². The van der Waals surface area contributed by atoms with Gasteiger partial charge in [-0.25, -0.2) is 0 Å². The van der Waals surface area contributed by atoms with Gasteiger partial charge in [0, 0.05) is 22.0 Å². The summed E-state index contributed by atoms with van der Waals surface area (Å²) >= 11 is 12.2. The van der Waals surface area contributed by atoms with Crippen LogP contribution in [-0.4, -0.2) is 16.8 Å². The van der Waals surface area contributed by atoms with Crippen molar-refractivity contribution in [3.05, 3.63) is 62.6 Å². The zero-order chi connectivity index (χ0) is 19.2. The number of ketones is 1. The monoisotopic (exact) mass is 391 g/mol. The molecular formula is C20H19Cl2NO3. The first-order valence-corrected chi connectivity index (χ1v) is 8.98. The number of aliphatic hydroxyl groups is 1. The minimum absolute atomic E-state index is 0.186. The van der Waals surface area contributed by atoms with E-state index in [9.17, 15) is 14.7 Å². The molecule has 0 fully saturated rings. The van der Waals surface area contributed by atoms with Gasteiger partial charge in [0.05, 0.1) is 12.2 Å². The van der Waals surface area contributed by atoms with Crippen LogP contribution in [0.5, 0.6) is 0 Å². The molecule has 2 aromatic carbocycles. The molecule has 1 aliphatic heterocycles. The molecule has 1 heterocycles. The fourth-order valence-electron chi connectivity index (χ4n) is 3.58. The number of Topliss-reactive ketones (excluding diaryl/α,β-unsaturated/α-hetero) is 1. The molecule has 0 saturated heterocycles.